The number of nitrogens with two attached hydrogens (primary N) is 1. The summed E-state index contributed by atoms with van der Waals surface area (Å²) in [6.45, 7) is 2.04. The van der Waals surface area contributed by atoms with Gasteiger partial charge in [0.2, 0.25) is 0 Å². The molecule has 0 spiro atoms. The van der Waals surface area contributed by atoms with Gasteiger partial charge in [-0.25, -0.2) is 0 Å². The maximum atomic E-state index is 9.15. The molecule has 1 aliphatic rings. The SMILES string of the molecule is CC(O)COc1ccc2c(c1)[C@H](N)CCC2. The molecule has 0 aromatic heterocycles. The molecular formula is C13H19NO2. The summed E-state index contributed by atoms with van der Waals surface area (Å²) in [5, 5.41) is 9.15. The summed E-state index contributed by atoms with van der Waals surface area (Å²) >= 11 is 0. The zero-order valence-electron chi connectivity index (χ0n) is 9.65. The van der Waals surface area contributed by atoms with Crippen molar-refractivity contribution in [3.8, 4) is 5.75 Å². The van der Waals surface area contributed by atoms with Crippen LogP contribution in [0, 0.1) is 0 Å². The third-order valence-electron chi connectivity index (χ3n) is 2.97. The minimum atomic E-state index is -0.440. The van der Waals surface area contributed by atoms with Gasteiger partial charge >= 0.3 is 0 Å². The topological polar surface area (TPSA) is 55.5 Å². The Morgan fingerprint density at radius 3 is 3.12 bits per heavy atom. The third-order valence-corrected chi connectivity index (χ3v) is 2.97. The zero-order chi connectivity index (χ0) is 11.5. The molecule has 1 aliphatic carbocycles. The first kappa shape index (κ1) is 11.4. The standard InChI is InChI=1S/C13H19NO2/c1-9(15)8-16-11-6-5-10-3-2-4-13(14)12(10)7-11/h5-7,9,13,15H,2-4,8,14H2,1H3/t9?,13-/m1/s1. The van der Waals surface area contributed by atoms with Crippen LogP contribution in [0.5, 0.6) is 5.75 Å². The van der Waals surface area contributed by atoms with E-state index in [-0.39, 0.29) is 6.04 Å². The summed E-state index contributed by atoms with van der Waals surface area (Å²) in [6.07, 6.45) is 2.89. The van der Waals surface area contributed by atoms with E-state index in [2.05, 4.69) is 6.07 Å². The molecule has 3 heteroatoms. The lowest BCUT2D eigenvalue weighted by atomic mass is 9.88. The minimum Gasteiger partial charge on any atom is -0.491 e. The molecule has 3 N–H and O–H groups in total. The van der Waals surface area contributed by atoms with Crippen LogP contribution in [0.25, 0.3) is 0 Å². The van der Waals surface area contributed by atoms with Crippen molar-refractivity contribution >= 4 is 0 Å². The number of hydrogen-bond acceptors (Lipinski definition) is 3. The second-order valence-electron chi connectivity index (χ2n) is 4.52. The molecule has 0 amide bonds. The molecule has 88 valence electrons. The predicted octanol–water partition coefficient (Wildman–Crippen LogP) is 1.78. The van der Waals surface area contributed by atoms with Crippen LogP contribution in [-0.2, 0) is 6.42 Å². The van der Waals surface area contributed by atoms with Crippen molar-refractivity contribution in [3.63, 3.8) is 0 Å². The van der Waals surface area contributed by atoms with Crippen molar-refractivity contribution in [1.82, 2.24) is 0 Å². The van der Waals surface area contributed by atoms with Crippen molar-refractivity contribution < 1.29 is 9.84 Å². The lowest BCUT2D eigenvalue weighted by Gasteiger charge is -2.23. The van der Waals surface area contributed by atoms with Crippen molar-refractivity contribution in [2.45, 2.75) is 38.3 Å². The normalized spacial score (nSPS) is 21.3. The first-order valence-electron chi connectivity index (χ1n) is 5.86. The van der Waals surface area contributed by atoms with Gasteiger partial charge in [0.1, 0.15) is 12.4 Å². The average molecular weight is 221 g/mol. The van der Waals surface area contributed by atoms with Gasteiger partial charge in [-0.1, -0.05) is 6.07 Å². The third kappa shape index (κ3) is 2.54. The van der Waals surface area contributed by atoms with E-state index in [0.29, 0.717) is 6.61 Å². The molecule has 0 radical (unpaired) electrons. The fourth-order valence-electron chi connectivity index (χ4n) is 2.12. The summed E-state index contributed by atoms with van der Waals surface area (Å²) in [5.41, 5.74) is 8.61. The smallest absolute Gasteiger partial charge is 0.119 e. The second kappa shape index (κ2) is 4.85. The Morgan fingerprint density at radius 2 is 2.38 bits per heavy atom. The van der Waals surface area contributed by atoms with E-state index >= 15 is 0 Å². The minimum absolute atomic E-state index is 0.138. The number of rotatable bonds is 3. The van der Waals surface area contributed by atoms with Crippen molar-refractivity contribution in [1.29, 1.82) is 0 Å². The van der Waals surface area contributed by atoms with E-state index in [1.165, 1.54) is 17.5 Å². The van der Waals surface area contributed by atoms with Gasteiger partial charge in [0.25, 0.3) is 0 Å². The van der Waals surface area contributed by atoms with Gasteiger partial charge < -0.3 is 15.6 Å². The second-order valence-corrected chi connectivity index (χ2v) is 4.52. The molecule has 0 aliphatic heterocycles. The number of ether oxygens (including phenoxy) is 1. The number of benzene rings is 1. The number of aliphatic hydroxyl groups excluding tert-OH is 1. The fourth-order valence-corrected chi connectivity index (χ4v) is 2.12. The molecule has 0 heterocycles. The lowest BCUT2D eigenvalue weighted by Crippen LogP contribution is -2.18. The van der Waals surface area contributed by atoms with Crippen LogP contribution in [-0.4, -0.2) is 17.8 Å². The molecule has 0 fully saturated rings. The maximum Gasteiger partial charge on any atom is 0.119 e. The molecule has 1 unspecified atom stereocenters. The van der Waals surface area contributed by atoms with Gasteiger partial charge in [-0.05, 0) is 49.4 Å². The van der Waals surface area contributed by atoms with Crippen LogP contribution in [0.2, 0.25) is 0 Å². The van der Waals surface area contributed by atoms with Gasteiger partial charge in [-0.3, -0.25) is 0 Å². The predicted molar refractivity (Wildman–Crippen MR) is 63.5 cm³/mol. The van der Waals surface area contributed by atoms with E-state index in [1.807, 2.05) is 12.1 Å². The van der Waals surface area contributed by atoms with Crippen LogP contribution in [0.3, 0.4) is 0 Å². The summed E-state index contributed by atoms with van der Waals surface area (Å²) in [6, 6.07) is 6.20. The Kier molecular flexibility index (Phi) is 3.46. The number of hydrogen-bond donors (Lipinski definition) is 2. The highest BCUT2D eigenvalue weighted by Crippen LogP contribution is 2.30. The van der Waals surface area contributed by atoms with Crippen LogP contribution in [0.4, 0.5) is 0 Å². The first-order chi connectivity index (χ1) is 7.66. The summed E-state index contributed by atoms with van der Waals surface area (Å²) in [5.74, 6) is 0.803. The van der Waals surface area contributed by atoms with Gasteiger partial charge in [0.15, 0.2) is 0 Å². The highest BCUT2D eigenvalue weighted by Gasteiger charge is 2.17. The fraction of sp³-hybridized carbons (Fsp3) is 0.538. The molecule has 0 saturated heterocycles. The number of aliphatic hydroxyl groups is 1. The maximum absolute atomic E-state index is 9.15. The summed E-state index contributed by atoms with van der Waals surface area (Å²) < 4.78 is 5.48. The Hall–Kier alpha value is -1.06. The highest BCUT2D eigenvalue weighted by molar-refractivity contribution is 5.39. The average Bonchev–Trinajstić information content (AvgIpc) is 2.27. The van der Waals surface area contributed by atoms with E-state index in [0.717, 1.165) is 18.6 Å². The molecule has 0 bridgehead atoms. The van der Waals surface area contributed by atoms with Crippen molar-refractivity contribution in [2.75, 3.05) is 6.61 Å². The summed E-state index contributed by atoms with van der Waals surface area (Å²) in [7, 11) is 0. The van der Waals surface area contributed by atoms with E-state index in [1.54, 1.807) is 6.92 Å². The van der Waals surface area contributed by atoms with Crippen LogP contribution < -0.4 is 10.5 Å². The molecule has 1 aromatic rings. The van der Waals surface area contributed by atoms with E-state index in [9.17, 15) is 0 Å². The van der Waals surface area contributed by atoms with Crippen LogP contribution in [0.15, 0.2) is 18.2 Å². The largest absolute Gasteiger partial charge is 0.491 e. The molecule has 2 rings (SSSR count). The Morgan fingerprint density at radius 1 is 1.56 bits per heavy atom. The Labute approximate surface area is 96.2 Å². The van der Waals surface area contributed by atoms with Crippen molar-refractivity contribution in [2.24, 2.45) is 5.73 Å². The zero-order valence-corrected chi connectivity index (χ0v) is 9.65. The van der Waals surface area contributed by atoms with Gasteiger partial charge in [0, 0.05) is 6.04 Å². The van der Waals surface area contributed by atoms with E-state index in [4.69, 9.17) is 15.6 Å². The van der Waals surface area contributed by atoms with Gasteiger partial charge in [-0.2, -0.15) is 0 Å². The van der Waals surface area contributed by atoms with Crippen LogP contribution >= 0.6 is 0 Å². The first-order valence-corrected chi connectivity index (χ1v) is 5.86. The molecule has 2 atom stereocenters. The van der Waals surface area contributed by atoms with Gasteiger partial charge in [0.05, 0.1) is 6.10 Å². The molecule has 0 saturated carbocycles. The highest BCUT2D eigenvalue weighted by atomic mass is 16.5. The van der Waals surface area contributed by atoms with Crippen molar-refractivity contribution in [3.05, 3.63) is 29.3 Å². The summed E-state index contributed by atoms with van der Waals surface area (Å²) in [4.78, 5) is 0. The Balaban J connectivity index is 2.14. The molecule has 3 nitrogen and oxygen atoms in total. The lowest BCUT2D eigenvalue weighted by molar-refractivity contribution is 0.122. The monoisotopic (exact) mass is 221 g/mol. The van der Waals surface area contributed by atoms with E-state index < -0.39 is 6.10 Å². The Bertz CT molecular complexity index is 363. The molecular weight excluding hydrogens is 202 g/mol. The van der Waals surface area contributed by atoms with Crippen LogP contribution in [0.1, 0.15) is 36.9 Å². The molecule has 1 aromatic carbocycles. The number of fused-ring (bicyclic) bond motifs is 1. The quantitative estimate of drug-likeness (QED) is 0.818. The molecule has 16 heavy (non-hydrogen) atoms. The van der Waals surface area contributed by atoms with Gasteiger partial charge in [-0.15, -0.1) is 0 Å². The number of aryl methyl sites for hydroxylation is 1.